The van der Waals surface area contributed by atoms with Crippen molar-refractivity contribution in [3.05, 3.63) is 16.1 Å². The van der Waals surface area contributed by atoms with E-state index in [0.29, 0.717) is 6.54 Å². The Balaban J connectivity index is 2.79. The van der Waals surface area contributed by atoms with E-state index in [1.807, 2.05) is 40.0 Å². The Kier molecular flexibility index (Phi) is 4.18. The quantitative estimate of drug-likeness (QED) is 0.911. The van der Waals surface area contributed by atoms with Gasteiger partial charge in [-0.2, -0.15) is 0 Å². The normalized spacial score (nSPS) is 12.6. The lowest BCUT2D eigenvalue weighted by Gasteiger charge is -2.39. The van der Waals surface area contributed by atoms with Crippen LogP contribution in [0.5, 0.6) is 0 Å². The lowest BCUT2D eigenvalue weighted by molar-refractivity contribution is -0.142. The van der Waals surface area contributed by atoms with Crippen LogP contribution in [0.1, 0.15) is 38.4 Å². The zero-order valence-electron chi connectivity index (χ0n) is 12.1. The van der Waals surface area contributed by atoms with Gasteiger partial charge in [-0.3, -0.25) is 4.79 Å². The fraction of sp³-hybridized carbons (Fsp3) is 0.692. The maximum atomic E-state index is 12.4. The molecular formula is C13H23N3OS. The summed E-state index contributed by atoms with van der Waals surface area (Å²) in [5, 5.41) is 3.00. The van der Waals surface area contributed by atoms with E-state index in [4.69, 9.17) is 5.73 Å². The van der Waals surface area contributed by atoms with Gasteiger partial charge in [-0.1, -0.05) is 0 Å². The first kappa shape index (κ1) is 15.1. The van der Waals surface area contributed by atoms with Gasteiger partial charge in [0.2, 0.25) is 5.91 Å². The molecule has 0 aliphatic carbocycles. The summed E-state index contributed by atoms with van der Waals surface area (Å²) in [6.07, 6.45) is 0. The third-order valence-corrected chi connectivity index (χ3v) is 4.38. The molecule has 0 aliphatic rings. The molecule has 1 rings (SSSR count). The molecule has 0 aliphatic heterocycles. The van der Waals surface area contributed by atoms with Crippen molar-refractivity contribution in [1.29, 1.82) is 0 Å². The predicted octanol–water partition coefficient (Wildman–Crippen LogP) is 2.17. The maximum absolute atomic E-state index is 12.4. The number of rotatable bonds is 4. The zero-order valence-corrected chi connectivity index (χ0v) is 12.9. The van der Waals surface area contributed by atoms with Gasteiger partial charge in [-0.05, 0) is 34.6 Å². The van der Waals surface area contributed by atoms with Gasteiger partial charge in [0.1, 0.15) is 0 Å². The van der Waals surface area contributed by atoms with Crippen LogP contribution in [0.3, 0.4) is 0 Å². The fourth-order valence-electron chi connectivity index (χ4n) is 1.55. The number of amides is 1. The minimum atomic E-state index is -0.604. The molecule has 0 spiro atoms. The number of aryl methyl sites for hydroxylation is 1. The highest BCUT2D eigenvalue weighted by molar-refractivity contribution is 7.09. The molecule has 2 N–H and O–H groups in total. The molecule has 1 amide bonds. The van der Waals surface area contributed by atoms with Crippen LogP contribution in [0, 0.1) is 12.3 Å². The van der Waals surface area contributed by atoms with Crippen LogP contribution in [0.4, 0.5) is 0 Å². The van der Waals surface area contributed by atoms with E-state index in [2.05, 4.69) is 4.98 Å². The van der Waals surface area contributed by atoms with Crippen molar-refractivity contribution < 1.29 is 4.79 Å². The fourth-order valence-corrected chi connectivity index (χ4v) is 2.15. The van der Waals surface area contributed by atoms with Gasteiger partial charge in [-0.25, -0.2) is 4.98 Å². The first-order valence-corrected chi connectivity index (χ1v) is 6.89. The second kappa shape index (κ2) is 4.97. The van der Waals surface area contributed by atoms with Gasteiger partial charge in [0.25, 0.3) is 0 Å². The van der Waals surface area contributed by atoms with E-state index < -0.39 is 11.0 Å². The summed E-state index contributed by atoms with van der Waals surface area (Å²) < 4.78 is 0. The first-order valence-electron chi connectivity index (χ1n) is 6.01. The molecule has 18 heavy (non-hydrogen) atoms. The summed E-state index contributed by atoms with van der Waals surface area (Å²) >= 11 is 1.60. The third kappa shape index (κ3) is 3.09. The minimum Gasteiger partial charge on any atom is -0.339 e. The van der Waals surface area contributed by atoms with Crippen LogP contribution >= 0.6 is 11.3 Å². The average Bonchev–Trinajstić information content (AvgIpc) is 2.61. The summed E-state index contributed by atoms with van der Waals surface area (Å²) in [6, 6.07) is 0. The lowest BCUT2D eigenvalue weighted by atomic mass is 9.74. The summed E-state index contributed by atoms with van der Waals surface area (Å²) in [5.74, 6) is 0.0423. The Bertz CT molecular complexity index is 432. The Hall–Kier alpha value is -0.940. The molecular weight excluding hydrogens is 246 g/mol. The van der Waals surface area contributed by atoms with E-state index in [-0.39, 0.29) is 5.91 Å². The third-order valence-electron chi connectivity index (χ3n) is 3.56. The molecule has 1 aromatic heterocycles. The molecule has 1 heterocycles. The van der Waals surface area contributed by atoms with Crippen molar-refractivity contribution in [3.63, 3.8) is 0 Å². The topological polar surface area (TPSA) is 59.2 Å². The van der Waals surface area contributed by atoms with Crippen molar-refractivity contribution in [3.8, 4) is 0 Å². The molecule has 0 unspecified atom stereocenters. The SMILES string of the molecule is Cc1nc(CN(C)C(=O)C(C)(C)C(C)(C)N)cs1. The van der Waals surface area contributed by atoms with E-state index in [1.54, 1.807) is 23.3 Å². The van der Waals surface area contributed by atoms with Crippen LogP contribution in [0.25, 0.3) is 0 Å². The van der Waals surface area contributed by atoms with Crippen LogP contribution in [-0.4, -0.2) is 28.4 Å². The predicted molar refractivity (Wildman–Crippen MR) is 75.4 cm³/mol. The number of nitrogens with zero attached hydrogens (tertiary/aromatic N) is 2. The van der Waals surface area contributed by atoms with Crippen molar-refractivity contribution in [2.45, 2.75) is 46.7 Å². The molecule has 5 heteroatoms. The van der Waals surface area contributed by atoms with E-state index in [0.717, 1.165) is 10.7 Å². The molecule has 0 fully saturated rings. The van der Waals surface area contributed by atoms with Gasteiger partial charge < -0.3 is 10.6 Å². The zero-order chi connectivity index (χ0) is 14.1. The number of hydrogen-bond acceptors (Lipinski definition) is 4. The van der Waals surface area contributed by atoms with Crippen molar-refractivity contribution in [2.24, 2.45) is 11.1 Å². The molecule has 1 aromatic rings. The van der Waals surface area contributed by atoms with Gasteiger partial charge in [-0.15, -0.1) is 11.3 Å². The number of aromatic nitrogens is 1. The van der Waals surface area contributed by atoms with Gasteiger partial charge in [0, 0.05) is 18.0 Å². The van der Waals surface area contributed by atoms with Crippen LogP contribution < -0.4 is 5.73 Å². The molecule has 0 radical (unpaired) electrons. The van der Waals surface area contributed by atoms with Crippen LogP contribution in [-0.2, 0) is 11.3 Å². The number of hydrogen-bond donors (Lipinski definition) is 1. The Morgan fingerprint density at radius 1 is 1.44 bits per heavy atom. The monoisotopic (exact) mass is 269 g/mol. The highest BCUT2D eigenvalue weighted by atomic mass is 32.1. The van der Waals surface area contributed by atoms with E-state index >= 15 is 0 Å². The number of carbonyl (C=O) groups is 1. The van der Waals surface area contributed by atoms with E-state index in [1.165, 1.54) is 0 Å². The molecule has 102 valence electrons. The lowest BCUT2D eigenvalue weighted by Crippen LogP contribution is -2.55. The van der Waals surface area contributed by atoms with Crippen molar-refractivity contribution in [1.82, 2.24) is 9.88 Å². The summed E-state index contributed by atoms with van der Waals surface area (Å²) in [5.41, 5.74) is 5.85. The second-order valence-electron chi connectivity index (χ2n) is 5.87. The maximum Gasteiger partial charge on any atom is 0.230 e. The van der Waals surface area contributed by atoms with Gasteiger partial charge >= 0.3 is 0 Å². The smallest absolute Gasteiger partial charge is 0.230 e. The van der Waals surface area contributed by atoms with Crippen LogP contribution in [0.2, 0.25) is 0 Å². The average molecular weight is 269 g/mol. The van der Waals surface area contributed by atoms with Crippen LogP contribution in [0.15, 0.2) is 5.38 Å². The van der Waals surface area contributed by atoms with Gasteiger partial charge in [0.05, 0.1) is 22.7 Å². The van der Waals surface area contributed by atoms with Gasteiger partial charge in [0.15, 0.2) is 0 Å². The summed E-state index contributed by atoms with van der Waals surface area (Å²) in [4.78, 5) is 18.5. The number of carbonyl (C=O) groups excluding carboxylic acids is 1. The highest BCUT2D eigenvalue weighted by Gasteiger charge is 2.41. The van der Waals surface area contributed by atoms with Crippen molar-refractivity contribution >= 4 is 17.2 Å². The molecule has 0 saturated heterocycles. The molecule has 0 bridgehead atoms. The Morgan fingerprint density at radius 3 is 2.39 bits per heavy atom. The largest absolute Gasteiger partial charge is 0.339 e. The molecule has 0 atom stereocenters. The summed E-state index contributed by atoms with van der Waals surface area (Å²) in [6.45, 7) is 10.0. The van der Waals surface area contributed by atoms with Crippen molar-refractivity contribution in [2.75, 3.05) is 7.05 Å². The second-order valence-corrected chi connectivity index (χ2v) is 6.93. The Morgan fingerprint density at radius 2 is 2.00 bits per heavy atom. The molecule has 0 saturated carbocycles. The highest BCUT2D eigenvalue weighted by Crippen LogP contribution is 2.30. The number of thiazole rings is 1. The molecule has 0 aromatic carbocycles. The summed E-state index contributed by atoms with van der Waals surface area (Å²) in [7, 11) is 1.80. The standard InChI is InChI=1S/C13H23N3OS/c1-9-15-10(8-18-9)7-16(6)11(17)12(2,3)13(4,5)14/h8H,7,14H2,1-6H3. The number of nitrogens with two attached hydrogens (primary N) is 1. The Labute approximate surface area is 113 Å². The first-order chi connectivity index (χ1) is 8.05. The molecule has 4 nitrogen and oxygen atoms in total. The van der Waals surface area contributed by atoms with E-state index in [9.17, 15) is 4.79 Å². The minimum absolute atomic E-state index is 0.0423.